The fourth-order valence-corrected chi connectivity index (χ4v) is 3.35. The molecule has 1 heterocycles. The summed E-state index contributed by atoms with van der Waals surface area (Å²) in [6, 6.07) is 7.80. The number of benzene rings is 1. The van der Waals surface area contributed by atoms with Gasteiger partial charge in [-0.25, -0.2) is 0 Å². The lowest BCUT2D eigenvalue weighted by Crippen LogP contribution is -2.17. The van der Waals surface area contributed by atoms with E-state index in [4.69, 9.17) is 17.0 Å². The van der Waals surface area contributed by atoms with Crippen LogP contribution in [0.2, 0.25) is 0 Å². The Morgan fingerprint density at radius 1 is 1.13 bits per heavy atom. The van der Waals surface area contributed by atoms with Gasteiger partial charge in [-0.3, -0.25) is 4.79 Å². The molecule has 0 spiro atoms. The molecule has 0 unspecified atom stereocenters. The zero-order valence-corrected chi connectivity index (χ0v) is 15.1. The number of nitrogens with one attached hydrogen (secondary N) is 1. The minimum Gasteiger partial charge on any atom is -0.494 e. The second-order valence-corrected chi connectivity index (χ2v) is 7.26. The molecule has 5 heteroatoms. The van der Waals surface area contributed by atoms with E-state index in [1.807, 2.05) is 30.3 Å². The average molecular weight is 350 g/mol. The van der Waals surface area contributed by atoms with Gasteiger partial charge in [0.2, 0.25) is 0 Å². The van der Waals surface area contributed by atoms with Crippen molar-refractivity contribution in [2.75, 3.05) is 6.61 Å². The molecular formula is C18H23NO2S2. The Bertz CT molecular complexity index is 567. The van der Waals surface area contributed by atoms with Gasteiger partial charge in [0.25, 0.3) is 5.91 Å². The predicted molar refractivity (Wildman–Crippen MR) is 102 cm³/mol. The molecule has 0 bridgehead atoms. The van der Waals surface area contributed by atoms with Gasteiger partial charge in [0.1, 0.15) is 10.1 Å². The van der Waals surface area contributed by atoms with Crippen molar-refractivity contribution < 1.29 is 9.53 Å². The molecule has 0 aliphatic carbocycles. The standard InChI is InChI=1S/C18H23NO2S2/c1-2-3-4-5-6-7-12-21-15-10-8-14(9-11-15)13-16-17(20)19-18(22)23-16/h8-11,13H,2-7,12H2,1H3,(H,19,20,22). The van der Waals surface area contributed by atoms with Gasteiger partial charge in [-0.1, -0.05) is 75.1 Å². The predicted octanol–water partition coefficient (Wildman–Crippen LogP) is 4.91. The smallest absolute Gasteiger partial charge is 0.263 e. The second kappa shape index (κ2) is 9.73. The minimum atomic E-state index is -0.122. The molecule has 0 saturated carbocycles. The summed E-state index contributed by atoms with van der Waals surface area (Å²) in [5.41, 5.74) is 0.972. The van der Waals surface area contributed by atoms with E-state index in [1.54, 1.807) is 0 Å². The first-order valence-electron chi connectivity index (χ1n) is 8.17. The van der Waals surface area contributed by atoms with E-state index in [9.17, 15) is 4.79 Å². The van der Waals surface area contributed by atoms with Gasteiger partial charge in [-0.15, -0.1) is 0 Å². The first-order valence-corrected chi connectivity index (χ1v) is 9.39. The molecule has 1 N–H and O–H groups in total. The maximum absolute atomic E-state index is 11.6. The van der Waals surface area contributed by atoms with Gasteiger partial charge in [0.05, 0.1) is 11.5 Å². The van der Waals surface area contributed by atoms with Crippen LogP contribution in [0, 0.1) is 0 Å². The molecule has 1 saturated heterocycles. The van der Waals surface area contributed by atoms with Crippen molar-refractivity contribution in [2.24, 2.45) is 0 Å². The maximum Gasteiger partial charge on any atom is 0.263 e. The van der Waals surface area contributed by atoms with E-state index in [1.165, 1.54) is 43.9 Å². The van der Waals surface area contributed by atoms with E-state index >= 15 is 0 Å². The normalized spacial score (nSPS) is 16.0. The maximum atomic E-state index is 11.6. The molecule has 1 aliphatic heterocycles. The highest BCUT2D eigenvalue weighted by Crippen LogP contribution is 2.26. The van der Waals surface area contributed by atoms with Gasteiger partial charge in [0.15, 0.2) is 0 Å². The van der Waals surface area contributed by atoms with Crippen molar-refractivity contribution in [1.82, 2.24) is 5.32 Å². The highest BCUT2D eigenvalue weighted by molar-refractivity contribution is 8.26. The van der Waals surface area contributed by atoms with Gasteiger partial charge in [-0.2, -0.15) is 0 Å². The lowest BCUT2D eigenvalue weighted by molar-refractivity contribution is -0.115. The Labute approximate surface area is 147 Å². The van der Waals surface area contributed by atoms with Crippen molar-refractivity contribution in [2.45, 2.75) is 45.4 Å². The molecular weight excluding hydrogens is 326 g/mol. The van der Waals surface area contributed by atoms with Gasteiger partial charge in [-0.05, 0) is 30.2 Å². The lowest BCUT2D eigenvalue weighted by atomic mass is 10.1. The topological polar surface area (TPSA) is 38.3 Å². The molecule has 2 rings (SSSR count). The molecule has 1 aliphatic rings. The molecule has 1 aromatic carbocycles. The summed E-state index contributed by atoms with van der Waals surface area (Å²) in [6.45, 7) is 2.99. The summed E-state index contributed by atoms with van der Waals surface area (Å²) >= 11 is 6.27. The highest BCUT2D eigenvalue weighted by Gasteiger charge is 2.21. The third kappa shape index (κ3) is 6.36. The Balaban J connectivity index is 1.73. The summed E-state index contributed by atoms with van der Waals surface area (Å²) in [6.07, 6.45) is 9.42. The van der Waals surface area contributed by atoms with Crippen LogP contribution >= 0.6 is 24.0 Å². The molecule has 1 aromatic rings. The molecule has 0 aromatic heterocycles. The van der Waals surface area contributed by atoms with Crippen LogP contribution < -0.4 is 10.1 Å². The Hall–Kier alpha value is -1.33. The first kappa shape index (κ1) is 18.0. The number of thiocarbonyl (C=S) groups is 1. The molecule has 23 heavy (non-hydrogen) atoms. The van der Waals surface area contributed by atoms with Gasteiger partial charge < -0.3 is 10.1 Å². The number of hydrogen-bond donors (Lipinski definition) is 1. The van der Waals surface area contributed by atoms with Crippen molar-refractivity contribution in [1.29, 1.82) is 0 Å². The van der Waals surface area contributed by atoms with Gasteiger partial charge >= 0.3 is 0 Å². The fourth-order valence-electron chi connectivity index (χ4n) is 2.31. The van der Waals surface area contributed by atoms with Crippen molar-refractivity contribution in [3.05, 3.63) is 34.7 Å². The van der Waals surface area contributed by atoms with Crippen LogP contribution in [0.3, 0.4) is 0 Å². The Kier molecular flexibility index (Phi) is 7.62. The molecule has 0 atom stereocenters. The fraction of sp³-hybridized carbons (Fsp3) is 0.444. The van der Waals surface area contributed by atoms with Crippen molar-refractivity contribution in [3.8, 4) is 5.75 Å². The summed E-state index contributed by atoms with van der Waals surface area (Å²) in [4.78, 5) is 12.2. The SMILES string of the molecule is CCCCCCCCOc1ccc(C=C2SC(=S)NC2=O)cc1. The van der Waals surface area contributed by atoms with Gasteiger partial charge in [0, 0.05) is 0 Å². The van der Waals surface area contributed by atoms with E-state index in [-0.39, 0.29) is 5.91 Å². The third-order valence-corrected chi connectivity index (χ3v) is 4.75. The van der Waals surface area contributed by atoms with E-state index in [0.29, 0.717) is 9.23 Å². The molecule has 124 valence electrons. The molecule has 0 radical (unpaired) electrons. The highest BCUT2D eigenvalue weighted by atomic mass is 32.2. The molecule has 3 nitrogen and oxygen atoms in total. The number of carbonyl (C=O) groups excluding carboxylic acids is 1. The zero-order valence-electron chi connectivity index (χ0n) is 13.5. The van der Waals surface area contributed by atoms with E-state index in [0.717, 1.165) is 24.3 Å². The Morgan fingerprint density at radius 3 is 2.48 bits per heavy atom. The van der Waals surface area contributed by atoms with Crippen LogP contribution in [0.4, 0.5) is 0 Å². The number of hydrogen-bond acceptors (Lipinski definition) is 4. The number of carbonyl (C=O) groups is 1. The number of ether oxygens (including phenoxy) is 1. The van der Waals surface area contributed by atoms with Crippen LogP contribution in [-0.4, -0.2) is 16.8 Å². The quantitative estimate of drug-likeness (QED) is 0.390. The number of amides is 1. The number of thioether (sulfide) groups is 1. The first-order chi connectivity index (χ1) is 11.2. The average Bonchev–Trinajstić information content (AvgIpc) is 2.85. The van der Waals surface area contributed by atoms with Crippen LogP contribution in [0.1, 0.15) is 51.0 Å². The Morgan fingerprint density at radius 2 is 1.83 bits per heavy atom. The zero-order chi connectivity index (χ0) is 16.5. The second-order valence-electron chi connectivity index (χ2n) is 5.54. The lowest BCUT2D eigenvalue weighted by Gasteiger charge is -2.06. The van der Waals surface area contributed by atoms with E-state index in [2.05, 4.69) is 12.2 Å². The van der Waals surface area contributed by atoms with Crippen LogP contribution in [0.15, 0.2) is 29.2 Å². The summed E-state index contributed by atoms with van der Waals surface area (Å²) in [7, 11) is 0. The van der Waals surface area contributed by atoms with Crippen molar-refractivity contribution >= 4 is 40.3 Å². The largest absolute Gasteiger partial charge is 0.494 e. The minimum absolute atomic E-state index is 0.122. The van der Waals surface area contributed by atoms with E-state index < -0.39 is 0 Å². The van der Waals surface area contributed by atoms with Crippen LogP contribution in [0.5, 0.6) is 5.75 Å². The summed E-state index contributed by atoms with van der Waals surface area (Å²) in [5, 5.41) is 2.61. The number of rotatable bonds is 9. The van der Waals surface area contributed by atoms with Crippen LogP contribution in [-0.2, 0) is 4.79 Å². The summed E-state index contributed by atoms with van der Waals surface area (Å²) in [5.74, 6) is 0.753. The molecule has 1 amide bonds. The monoisotopic (exact) mass is 349 g/mol. The van der Waals surface area contributed by atoms with Crippen molar-refractivity contribution in [3.63, 3.8) is 0 Å². The summed E-state index contributed by atoms with van der Waals surface area (Å²) < 4.78 is 6.26. The molecule has 1 fully saturated rings. The number of unbranched alkanes of at least 4 members (excludes halogenated alkanes) is 5. The third-order valence-electron chi connectivity index (χ3n) is 3.59. The van der Waals surface area contributed by atoms with Crippen LogP contribution in [0.25, 0.3) is 6.08 Å².